The largest absolute Gasteiger partial charge is 0.299 e. The van der Waals surface area contributed by atoms with Crippen molar-refractivity contribution >= 4 is 5.78 Å². The van der Waals surface area contributed by atoms with Gasteiger partial charge < -0.3 is 0 Å². The smallest absolute Gasteiger partial charge is 0.141 e. The van der Waals surface area contributed by atoms with Gasteiger partial charge in [-0.25, -0.2) is 4.68 Å². The van der Waals surface area contributed by atoms with Crippen molar-refractivity contribution in [3.8, 4) is 0 Å². The number of Topliss-reactive ketones (excluding diaryl/α,β-unsaturated/α-hetero) is 1. The maximum atomic E-state index is 12.0. The van der Waals surface area contributed by atoms with Crippen LogP contribution < -0.4 is 0 Å². The topological polar surface area (TPSA) is 47.8 Å². The number of aromatic nitrogens is 3. The van der Waals surface area contributed by atoms with Gasteiger partial charge in [0.15, 0.2) is 0 Å². The van der Waals surface area contributed by atoms with E-state index in [1.54, 1.807) is 6.20 Å². The maximum Gasteiger partial charge on any atom is 0.141 e. The van der Waals surface area contributed by atoms with Crippen LogP contribution >= 0.6 is 0 Å². The average molecular weight is 221 g/mol. The van der Waals surface area contributed by atoms with E-state index in [0.717, 1.165) is 44.3 Å². The van der Waals surface area contributed by atoms with Crippen LogP contribution in [0.5, 0.6) is 0 Å². The molecule has 1 fully saturated rings. The molecule has 16 heavy (non-hydrogen) atoms. The van der Waals surface area contributed by atoms with E-state index in [0.29, 0.717) is 5.78 Å². The number of carbonyl (C=O) groups is 1. The van der Waals surface area contributed by atoms with Gasteiger partial charge >= 0.3 is 0 Å². The highest BCUT2D eigenvalue weighted by Crippen LogP contribution is 2.28. The highest BCUT2D eigenvalue weighted by molar-refractivity contribution is 5.85. The first kappa shape index (κ1) is 11.3. The first-order valence-corrected chi connectivity index (χ1v) is 6.24. The zero-order valence-electron chi connectivity index (χ0n) is 9.85. The van der Waals surface area contributed by atoms with Crippen molar-refractivity contribution in [2.75, 3.05) is 0 Å². The number of hydrogen-bond donors (Lipinski definition) is 0. The van der Waals surface area contributed by atoms with E-state index in [1.807, 2.05) is 4.68 Å². The molecule has 0 amide bonds. The zero-order chi connectivity index (χ0) is 11.4. The lowest BCUT2D eigenvalue weighted by atomic mass is 9.95. The highest BCUT2D eigenvalue weighted by Gasteiger charge is 2.25. The molecule has 0 aliphatic heterocycles. The van der Waals surface area contributed by atoms with E-state index in [-0.39, 0.29) is 5.92 Å². The third-order valence-electron chi connectivity index (χ3n) is 3.24. The summed E-state index contributed by atoms with van der Waals surface area (Å²) in [6.07, 6.45) is 7.86. The van der Waals surface area contributed by atoms with Crippen LogP contribution in [0.1, 0.15) is 57.1 Å². The lowest BCUT2D eigenvalue weighted by molar-refractivity contribution is -0.120. The second-order valence-electron chi connectivity index (χ2n) is 4.50. The minimum atomic E-state index is 0.0454. The third kappa shape index (κ3) is 2.31. The van der Waals surface area contributed by atoms with E-state index in [1.165, 1.54) is 6.42 Å². The minimum absolute atomic E-state index is 0.0454. The van der Waals surface area contributed by atoms with Crippen LogP contribution in [0.2, 0.25) is 0 Å². The van der Waals surface area contributed by atoms with E-state index >= 15 is 0 Å². The van der Waals surface area contributed by atoms with E-state index in [4.69, 9.17) is 0 Å². The summed E-state index contributed by atoms with van der Waals surface area (Å²) in [7, 11) is 0. The molecule has 4 heteroatoms. The van der Waals surface area contributed by atoms with Crippen LogP contribution in [-0.2, 0) is 11.3 Å². The number of nitrogens with zero attached hydrogens (tertiary/aromatic N) is 3. The molecule has 1 heterocycles. The summed E-state index contributed by atoms with van der Waals surface area (Å²) < 4.78 is 1.90. The molecule has 2 rings (SSSR count). The van der Waals surface area contributed by atoms with Gasteiger partial charge in [0.2, 0.25) is 0 Å². The Morgan fingerprint density at radius 2 is 2.31 bits per heavy atom. The van der Waals surface area contributed by atoms with Crippen molar-refractivity contribution in [3.63, 3.8) is 0 Å². The number of rotatable bonds is 3. The Labute approximate surface area is 96.0 Å². The van der Waals surface area contributed by atoms with Crippen LogP contribution in [0.3, 0.4) is 0 Å². The molecule has 1 atom stereocenters. The average Bonchev–Trinajstić information content (AvgIpc) is 2.61. The SMILES string of the molecule is CCCn1nncc1C1CCCCCC1=O. The summed E-state index contributed by atoms with van der Waals surface area (Å²) in [5.41, 5.74) is 1.02. The van der Waals surface area contributed by atoms with Crippen molar-refractivity contribution in [3.05, 3.63) is 11.9 Å². The van der Waals surface area contributed by atoms with Crippen LogP contribution in [0.25, 0.3) is 0 Å². The standard InChI is InChI=1S/C12H19N3O/c1-2-8-15-11(9-13-14-15)10-6-4-3-5-7-12(10)16/h9-10H,2-8H2,1H3. The Morgan fingerprint density at radius 3 is 3.12 bits per heavy atom. The van der Waals surface area contributed by atoms with Crippen molar-refractivity contribution in [1.82, 2.24) is 15.0 Å². The second-order valence-corrected chi connectivity index (χ2v) is 4.50. The highest BCUT2D eigenvalue weighted by atomic mass is 16.1. The lowest BCUT2D eigenvalue weighted by Crippen LogP contribution is -2.16. The van der Waals surface area contributed by atoms with E-state index in [2.05, 4.69) is 17.2 Å². The van der Waals surface area contributed by atoms with Crippen LogP contribution in [-0.4, -0.2) is 20.8 Å². The van der Waals surface area contributed by atoms with Gasteiger partial charge in [-0.1, -0.05) is 25.0 Å². The molecular formula is C12H19N3O. The van der Waals surface area contributed by atoms with Gasteiger partial charge in [-0.2, -0.15) is 0 Å². The van der Waals surface area contributed by atoms with Gasteiger partial charge in [-0.05, 0) is 19.3 Å². The summed E-state index contributed by atoms with van der Waals surface area (Å²) in [5, 5.41) is 8.00. The van der Waals surface area contributed by atoms with E-state index < -0.39 is 0 Å². The summed E-state index contributed by atoms with van der Waals surface area (Å²) in [6, 6.07) is 0. The van der Waals surface area contributed by atoms with Crippen LogP contribution in [0, 0.1) is 0 Å². The molecule has 0 saturated heterocycles. The quantitative estimate of drug-likeness (QED) is 0.736. The molecule has 4 nitrogen and oxygen atoms in total. The Kier molecular flexibility index (Phi) is 3.70. The fourth-order valence-corrected chi connectivity index (χ4v) is 2.39. The molecule has 1 saturated carbocycles. The molecule has 88 valence electrons. The monoisotopic (exact) mass is 221 g/mol. The van der Waals surface area contributed by atoms with Crippen molar-refractivity contribution in [2.45, 2.75) is 57.9 Å². The summed E-state index contributed by atoms with van der Waals surface area (Å²) in [4.78, 5) is 12.0. The van der Waals surface area contributed by atoms with Crippen molar-refractivity contribution in [1.29, 1.82) is 0 Å². The minimum Gasteiger partial charge on any atom is -0.299 e. The molecule has 1 unspecified atom stereocenters. The van der Waals surface area contributed by atoms with Gasteiger partial charge in [0.1, 0.15) is 5.78 Å². The lowest BCUT2D eigenvalue weighted by Gasteiger charge is -2.13. The van der Waals surface area contributed by atoms with Crippen LogP contribution in [0.4, 0.5) is 0 Å². The van der Waals surface area contributed by atoms with Crippen molar-refractivity contribution < 1.29 is 4.79 Å². The molecule has 1 aromatic rings. The number of carbonyl (C=O) groups excluding carboxylic acids is 1. The molecule has 1 aromatic heterocycles. The summed E-state index contributed by atoms with van der Waals surface area (Å²) in [5.74, 6) is 0.418. The number of ketones is 1. The third-order valence-corrected chi connectivity index (χ3v) is 3.24. The first-order valence-electron chi connectivity index (χ1n) is 6.24. The molecule has 1 aliphatic carbocycles. The first-order chi connectivity index (χ1) is 7.83. The summed E-state index contributed by atoms with van der Waals surface area (Å²) in [6.45, 7) is 2.97. The molecule has 0 aromatic carbocycles. The number of hydrogen-bond acceptors (Lipinski definition) is 3. The van der Waals surface area contributed by atoms with Gasteiger partial charge in [0.05, 0.1) is 17.8 Å². The normalized spacial score (nSPS) is 22.1. The maximum absolute atomic E-state index is 12.0. The molecule has 0 spiro atoms. The zero-order valence-corrected chi connectivity index (χ0v) is 9.85. The molecule has 0 bridgehead atoms. The molecule has 0 N–H and O–H groups in total. The van der Waals surface area contributed by atoms with Gasteiger partial charge in [0.25, 0.3) is 0 Å². The van der Waals surface area contributed by atoms with Crippen molar-refractivity contribution in [2.24, 2.45) is 0 Å². The molecule has 0 radical (unpaired) electrons. The fourth-order valence-electron chi connectivity index (χ4n) is 2.39. The van der Waals surface area contributed by atoms with Gasteiger partial charge in [0, 0.05) is 13.0 Å². The molecule has 1 aliphatic rings. The van der Waals surface area contributed by atoms with Crippen LogP contribution in [0.15, 0.2) is 6.20 Å². The van der Waals surface area contributed by atoms with Gasteiger partial charge in [-0.3, -0.25) is 4.79 Å². The predicted octanol–water partition coefficient (Wildman–Crippen LogP) is 2.30. The molecular weight excluding hydrogens is 202 g/mol. The Bertz CT molecular complexity index is 359. The predicted molar refractivity (Wildman–Crippen MR) is 61.1 cm³/mol. The number of aryl methyl sites for hydroxylation is 1. The Morgan fingerprint density at radius 1 is 1.44 bits per heavy atom. The van der Waals surface area contributed by atoms with E-state index in [9.17, 15) is 4.79 Å². The van der Waals surface area contributed by atoms with Gasteiger partial charge in [-0.15, -0.1) is 5.10 Å². The fraction of sp³-hybridized carbons (Fsp3) is 0.750. The Balaban J connectivity index is 2.20. The summed E-state index contributed by atoms with van der Waals surface area (Å²) >= 11 is 0. The Hall–Kier alpha value is -1.19. The second kappa shape index (κ2) is 5.23.